The summed E-state index contributed by atoms with van der Waals surface area (Å²) in [6, 6.07) is 4.02. The molecule has 1 amide bonds. The van der Waals surface area contributed by atoms with E-state index in [2.05, 4.69) is 5.32 Å². The summed E-state index contributed by atoms with van der Waals surface area (Å²) in [4.78, 5) is 23.0. The summed E-state index contributed by atoms with van der Waals surface area (Å²) in [5.74, 6) is -1.39. The monoisotopic (exact) mass is 283 g/mol. The van der Waals surface area contributed by atoms with Crippen molar-refractivity contribution in [2.24, 2.45) is 0 Å². The van der Waals surface area contributed by atoms with Crippen LogP contribution in [-0.2, 0) is 4.79 Å². The van der Waals surface area contributed by atoms with Gasteiger partial charge in [-0.1, -0.05) is 31.4 Å². The maximum atomic E-state index is 12.0. The fourth-order valence-electron chi connectivity index (χ4n) is 1.69. The summed E-state index contributed by atoms with van der Waals surface area (Å²) in [7, 11) is 0. The molecule has 0 aliphatic rings. The molecule has 0 aliphatic heterocycles. The van der Waals surface area contributed by atoms with Gasteiger partial charge in [0.25, 0.3) is 5.91 Å². The zero-order valence-corrected chi connectivity index (χ0v) is 11.8. The van der Waals surface area contributed by atoms with E-state index in [-0.39, 0.29) is 5.91 Å². The van der Waals surface area contributed by atoms with Crippen LogP contribution < -0.4 is 5.32 Å². The minimum Gasteiger partial charge on any atom is -0.480 e. The number of amides is 1. The van der Waals surface area contributed by atoms with E-state index in [1.807, 2.05) is 6.92 Å². The van der Waals surface area contributed by atoms with E-state index in [1.165, 1.54) is 0 Å². The second kappa shape index (κ2) is 7.14. The lowest BCUT2D eigenvalue weighted by molar-refractivity contribution is -0.139. The number of rotatable bonds is 6. The van der Waals surface area contributed by atoms with Crippen molar-refractivity contribution in [3.8, 4) is 0 Å². The first-order chi connectivity index (χ1) is 8.95. The molecular formula is C14H18ClNO3. The van der Waals surface area contributed by atoms with Gasteiger partial charge in [0, 0.05) is 10.6 Å². The Bertz CT molecular complexity index is 474. The fourth-order valence-corrected chi connectivity index (χ4v) is 1.81. The predicted molar refractivity (Wildman–Crippen MR) is 74.6 cm³/mol. The van der Waals surface area contributed by atoms with Crippen LogP contribution in [0.3, 0.4) is 0 Å². The standard InChI is InChI=1S/C14H18ClNO3/c1-3-4-5-12(14(18)19)16-13(17)10-6-7-11(15)9(2)8-10/h6-8,12H,3-5H2,1-2H3,(H,16,17)(H,18,19)/t12-/m0/s1. The third-order valence-corrected chi connectivity index (χ3v) is 3.29. The van der Waals surface area contributed by atoms with E-state index >= 15 is 0 Å². The molecule has 0 radical (unpaired) electrons. The molecule has 5 heteroatoms. The van der Waals surface area contributed by atoms with E-state index in [0.717, 1.165) is 18.4 Å². The molecule has 104 valence electrons. The maximum absolute atomic E-state index is 12.0. The van der Waals surface area contributed by atoms with Crippen molar-refractivity contribution in [3.05, 3.63) is 34.3 Å². The lowest BCUT2D eigenvalue weighted by atomic mass is 10.1. The number of aliphatic carboxylic acids is 1. The fraction of sp³-hybridized carbons (Fsp3) is 0.429. The molecule has 0 aliphatic carbocycles. The predicted octanol–water partition coefficient (Wildman–Crippen LogP) is 3.02. The van der Waals surface area contributed by atoms with Crippen LogP contribution in [0.2, 0.25) is 5.02 Å². The molecule has 2 N–H and O–H groups in total. The number of hydrogen-bond acceptors (Lipinski definition) is 2. The Morgan fingerprint density at radius 3 is 2.63 bits per heavy atom. The van der Waals surface area contributed by atoms with Gasteiger partial charge < -0.3 is 10.4 Å². The van der Waals surface area contributed by atoms with Crippen LogP contribution in [0, 0.1) is 6.92 Å². The van der Waals surface area contributed by atoms with Crippen molar-refractivity contribution >= 4 is 23.5 Å². The van der Waals surface area contributed by atoms with Crippen molar-refractivity contribution < 1.29 is 14.7 Å². The molecule has 0 bridgehead atoms. The normalized spacial score (nSPS) is 11.9. The zero-order valence-electron chi connectivity index (χ0n) is 11.1. The molecule has 1 aromatic carbocycles. The van der Waals surface area contributed by atoms with E-state index in [1.54, 1.807) is 25.1 Å². The Hall–Kier alpha value is -1.55. The Morgan fingerprint density at radius 1 is 1.42 bits per heavy atom. The number of carbonyl (C=O) groups is 2. The number of hydrogen-bond donors (Lipinski definition) is 2. The van der Waals surface area contributed by atoms with Crippen molar-refractivity contribution in [1.82, 2.24) is 5.32 Å². The molecule has 0 saturated heterocycles. The van der Waals surface area contributed by atoms with Gasteiger partial charge in [-0.3, -0.25) is 4.79 Å². The second-order valence-electron chi connectivity index (χ2n) is 4.47. The van der Waals surface area contributed by atoms with Gasteiger partial charge in [-0.2, -0.15) is 0 Å². The van der Waals surface area contributed by atoms with Crippen LogP contribution in [-0.4, -0.2) is 23.0 Å². The zero-order chi connectivity index (χ0) is 14.4. The molecule has 0 heterocycles. The highest BCUT2D eigenvalue weighted by atomic mass is 35.5. The number of halogens is 1. The molecule has 0 saturated carbocycles. The van der Waals surface area contributed by atoms with Crippen molar-refractivity contribution in [1.29, 1.82) is 0 Å². The first-order valence-corrected chi connectivity index (χ1v) is 6.63. The third-order valence-electron chi connectivity index (χ3n) is 2.87. The average Bonchev–Trinajstić information content (AvgIpc) is 2.37. The van der Waals surface area contributed by atoms with Gasteiger partial charge in [0.15, 0.2) is 0 Å². The summed E-state index contributed by atoms with van der Waals surface area (Å²) in [6.07, 6.45) is 2.08. The van der Waals surface area contributed by atoms with E-state index in [4.69, 9.17) is 16.7 Å². The van der Waals surface area contributed by atoms with Crippen LogP contribution in [0.1, 0.15) is 42.1 Å². The highest BCUT2D eigenvalue weighted by molar-refractivity contribution is 6.31. The highest BCUT2D eigenvalue weighted by Gasteiger charge is 2.20. The molecule has 0 aromatic heterocycles. The van der Waals surface area contributed by atoms with Gasteiger partial charge in [-0.25, -0.2) is 4.79 Å². The lowest BCUT2D eigenvalue weighted by Gasteiger charge is -2.14. The van der Waals surface area contributed by atoms with Gasteiger partial charge in [0.1, 0.15) is 6.04 Å². The molecule has 0 spiro atoms. The first-order valence-electron chi connectivity index (χ1n) is 6.25. The van der Waals surface area contributed by atoms with Crippen LogP contribution in [0.25, 0.3) is 0 Å². The Labute approximate surface area is 117 Å². The number of nitrogens with one attached hydrogen (secondary N) is 1. The van der Waals surface area contributed by atoms with Crippen LogP contribution in [0.5, 0.6) is 0 Å². The second-order valence-corrected chi connectivity index (χ2v) is 4.88. The summed E-state index contributed by atoms with van der Waals surface area (Å²) in [6.45, 7) is 3.77. The quantitative estimate of drug-likeness (QED) is 0.843. The summed E-state index contributed by atoms with van der Waals surface area (Å²) in [5.41, 5.74) is 1.21. The maximum Gasteiger partial charge on any atom is 0.326 e. The molecule has 4 nitrogen and oxygen atoms in total. The lowest BCUT2D eigenvalue weighted by Crippen LogP contribution is -2.40. The summed E-state index contributed by atoms with van der Waals surface area (Å²) < 4.78 is 0. The minimum absolute atomic E-state index is 0.386. The van der Waals surface area contributed by atoms with Crippen molar-refractivity contribution in [2.75, 3.05) is 0 Å². The molecule has 0 unspecified atom stereocenters. The molecule has 19 heavy (non-hydrogen) atoms. The number of carbonyl (C=O) groups excluding carboxylic acids is 1. The minimum atomic E-state index is -1.01. The highest BCUT2D eigenvalue weighted by Crippen LogP contribution is 2.16. The van der Waals surface area contributed by atoms with Crippen LogP contribution in [0.4, 0.5) is 0 Å². The Morgan fingerprint density at radius 2 is 2.11 bits per heavy atom. The molecular weight excluding hydrogens is 266 g/mol. The van der Waals surface area contributed by atoms with Crippen LogP contribution in [0.15, 0.2) is 18.2 Å². The summed E-state index contributed by atoms with van der Waals surface area (Å²) >= 11 is 5.88. The number of carboxylic acids is 1. The molecule has 1 rings (SSSR count). The van der Waals surface area contributed by atoms with E-state index in [9.17, 15) is 9.59 Å². The van der Waals surface area contributed by atoms with Crippen molar-refractivity contribution in [3.63, 3.8) is 0 Å². The SMILES string of the molecule is CCCC[C@H](NC(=O)c1ccc(Cl)c(C)c1)C(=O)O. The van der Waals surface area contributed by atoms with E-state index in [0.29, 0.717) is 17.0 Å². The summed E-state index contributed by atoms with van der Waals surface area (Å²) in [5, 5.41) is 12.2. The van der Waals surface area contributed by atoms with Gasteiger partial charge >= 0.3 is 5.97 Å². The van der Waals surface area contributed by atoms with Gasteiger partial charge in [-0.05, 0) is 37.1 Å². The molecule has 0 fully saturated rings. The molecule has 1 atom stereocenters. The Kier molecular flexibility index (Phi) is 5.83. The topological polar surface area (TPSA) is 66.4 Å². The largest absolute Gasteiger partial charge is 0.480 e. The smallest absolute Gasteiger partial charge is 0.326 e. The number of carboxylic acid groups (broad SMARTS) is 1. The van der Waals surface area contributed by atoms with Gasteiger partial charge in [0.2, 0.25) is 0 Å². The number of aryl methyl sites for hydroxylation is 1. The van der Waals surface area contributed by atoms with Crippen molar-refractivity contribution in [2.45, 2.75) is 39.2 Å². The first kappa shape index (κ1) is 15.5. The average molecular weight is 284 g/mol. The van der Waals surface area contributed by atoms with E-state index < -0.39 is 12.0 Å². The number of benzene rings is 1. The third kappa shape index (κ3) is 4.56. The van der Waals surface area contributed by atoms with Gasteiger partial charge in [0.05, 0.1) is 0 Å². The van der Waals surface area contributed by atoms with Gasteiger partial charge in [-0.15, -0.1) is 0 Å². The molecule has 1 aromatic rings. The van der Waals surface area contributed by atoms with Crippen LogP contribution >= 0.6 is 11.6 Å². The number of unbranched alkanes of at least 4 members (excludes halogenated alkanes) is 1. The Balaban J connectivity index is 2.75.